The number of rotatable bonds is 10. The normalized spacial score (nSPS) is 25.6. The van der Waals surface area contributed by atoms with Crippen LogP contribution >= 0.6 is 23.4 Å². The van der Waals surface area contributed by atoms with Crippen LogP contribution in [0, 0.1) is 0 Å². The Labute approximate surface area is 171 Å². The molecule has 0 aliphatic heterocycles. The third kappa shape index (κ3) is 5.58. The summed E-state index contributed by atoms with van der Waals surface area (Å²) in [6.45, 7) is 1.64. The van der Waals surface area contributed by atoms with Crippen LogP contribution in [0.2, 0.25) is 5.15 Å². The Bertz CT molecular complexity index is 685. The summed E-state index contributed by atoms with van der Waals surface area (Å²) in [6, 6.07) is -0.694. The maximum Gasteiger partial charge on any atom is 0.332 e. The second kappa shape index (κ2) is 10.4. The molecule has 1 aliphatic rings. The fourth-order valence-corrected chi connectivity index (χ4v) is 3.73. The molecule has 10 nitrogen and oxygen atoms in total. The minimum Gasteiger partial charge on any atom is -0.479 e. The van der Waals surface area contributed by atoms with Crippen molar-refractivity contribution >= 4 is 40.8 Å². The summed E-state index contributed by atoms with van der Waals surface area (Å²) < 4.78 is 5.39. The number of halogens is 1. The maximum absolute atomic E-state index is 11.2. The molecule has 0 radical (unpaired) electrons. The fourth-order valence-electron chi connectivity index (χ4n) is 2.81. The molecule has 12 heteroatoms. The Morgan fingerprint density at radius 2 is 2.14 bits per heavy atom. The number of aliphatic carboxylic acids is 1. The van der Waals surface area contributed by atoms with Gasteiger partial charge in [0.05, 0.1) is 12.1 Å². The molecule has 0 amide bonds. The number of nitrogens with zero attached hydrogens (tertiary/aromatic N) is 2. The van der Waals surface area contributed by atoms with Crippen LogP contribution in [0.5, 0.6) is 0 Å². The largest absolute Gasteiger partial charge is 0.479 e. The predicted molar refractivity (Wildman–Crippen MR) is 105 cm³/mol. The van der Waals surface area contributed by atoms with Crippen LogP contribution < -0.4 is 11.1 Å². The van der Waals surface area contributed by atoms with Gasteiger partial charge in [0.25, 0.3) is 0 Å². The molecule has 1 unspecified atom stereocenters. The number of thioether (sulfide) groups is 1. The predicted octanol–water partition coefficient (Wildman–Crippen LogP) is 0.341. The van der Waals surface area contributed by atoms with Crippen molar-refractivity contribution in [3.05, 3.63) is 5.15 Å². The van der Waals surface area contributed by atoms with E-state index in [1.54, 1.807) is 0 Å². The van der Waals surface area contributed by atoms with E-state index in [4.69, 9.17) is 32.3 Å². The lowest BCUT2D eigenvalue weighted by atomic mass is 10.2. The molecular weight excluding hydrogens is 412 g/mol. The summed E-state index contributed by atoms with van der Waals surface area (Å²) in [6.07, 6.45) is -3.88. The summed E-state index contributed by atoms with van der Waals surface area (Å²) in [5.41, 5.74) is 6.03. The number of aliphatic hydroxyl groups is 3. The number of carbonyl (C=O) groups is 1. The minimum absolute atomic E-state index is 0.0748. The maximum atomic E-state index is 11.2. The Balaban J connectivity index is 2.12. The van der Waals surface area contributed by atoms with Gasteiger partial charge in [-0.05, 0) is 12.8 Å². The molecule has 5 atom stereocenters. The zero-order valence-corrected chi connectivity index (χ0v) is 16.9. The van der Waals surface area contributed by atoms with Gasteiger partial charge in [0.2, 0.25) is 0 Å². The standard InChI is InChI=1S/C16H25ClN4O6S/c1-2-5-28-16-20-13(17)10(18)14(21-16)19-7-6-9(12(24)11(7)23)27-8(3-4-22)15(25)26/h7-9,11-12,22-24H,2-6,18H2,1H3,(H,25,26)(H,19,20,21)/t7-,8?,9-,11-,12+/m0/s1. The van der Waals surface area contributed by atoms with Gasteiger partial charge in [0, 0.05) is 18.8 Å². The van der Waals surface area contributed by atoms with E-state index in [0.29, 0.717) is 5.16 Å². The van der Waals surface area contributed by atoms with Crippen LogP contribution in [0.1, 0.15) is 26.2 Å². The lowest BCUT2D eigenvalue weighted by Crippen LogP contribution is -2.38. The number of aromatic nitrogens is 2. The van der Waals surface area contributed by atoms with Crippen LogP contribution in [0.15, 0.2) is 5.16 Å². The first-order chi connectivity index (χ1) is 13.3. The van der Waals surface area contributed by atoms with Crippen molar-refractivity contribution in [3.63, 3.8) is 0 Å². The molecule has 0 aromatic carbocycles. The molecule has 28 heavy (non-hydrogen) atoms. The van der Waals surface area contributed by atoms with Gasteiger partial charge in [-0.1, -0.05) is 30.3 Å². The average Bonchev–Trinajstić information content (AvgIpc) is 2.91. The quantitative estimate of drug-likeness (QED) is 0.170. The van der Waals surface area contributed by atoms with E-state index in [2.05, 4.69) is 15.3 Å². The molecule has 1 heterocycles. The smallest absolute Gasteiger partial charge is 0.332 e. The second-order valence-corrected chi connectivity index (χ2v) is 7.81. The average molecular weight is 437 g/mol. The molecule has 7 N–H and O–H groups in total. The molecule has 0 bridgehead atoms. The van der Waals surface area contributed by atoms with Gasteiger partial charge in [0.1, 0.15) is 17.9 Å². The highest BCUT2D eigenvalue weighted by molar-refractivity contribution is 7.99. The van der Waals surface area contributed by atoms with E-state index in [0.717, 1.165) is 12.2 Å². The number of anilines is 2. The summed E-state index contributed by atoms with van der Waals surface area (Å²) >= 11 is 7.47. The van der Waals surface area contributed by atoms with Gasteiger partial charge >= 0.3 is 5.97 Å². The van der Waals surface area contributed by atoms with Gasteiger partial charge in [-0.15, -0.1) is 0 Å². The van der Waals surface area contributed by atoms with Crippen LogP contribution in [-0.4, -0.2) is 79.2 Å². The molecular formula is C16H25ClN4O6S. The molecule has 1 aromatic rings. The van der Waals surface area contributed by atoms with Crippen molar-refractivity contribution in [2.45, 2.75) is 61.8 Å². The van der Waals surface area contributed by atoms with E-state index in [1.807, 2.05) is 6.92 Å². The van der Waals surface area contributed by atoms with Gasteiger partial charge in [0.15, 0.2) is 22.2 Å². The van der Waals surface area contributed by atoms with E-state index >= 15 is 0 Å². The first kappa shape index (κ1) is 22.9. The summed E-state index contributed by atoms with van der Waals surface area (Å²) in [5.74, 6) is -0.237. The van der Waals surface area contributed by atoms with Gasteiger partial charge in [-0.25, -0.2) is 14.8 Å². The van der Waals surface area contributed by atoms with Crippen molar-refractivity contribution in [2.24, 2.45) is 0 Å². The molecule has 1 fully saturated rings. The highest BCUT2D eigenvalue weighted by Crippen LogP contribution is 2.32. The van der Waals surface area contributed by atoms with E-state index in [-0.39, 0.29) is 36.1 Å². The zero-order chi connectivity index (χ0) is 20.8. The molecule has 158 valence electrons. The Hall–Kier alpha value is -1.37. The molecule has 0 saturated heterocycles. The number of hydrogen-bond acceptors (Lipinski definition) is 10. The van der Waals surface area contributed by atoms with Crippen LogP contribution in [-0.2, 0) is 9.53 Å². The van der Waals surface area contributed by atoms with Crippen molar-refractivity contribution in [1.82, 2.24) is 9.97 Å². The Kier molecular flexibility index (Phi) is 8.53. The molecule has 1 saturated carbocycles. The number of nitrogens with one attached hydrogen (secondary N) is 1. The number of carboxylic acids is 1. The minimum atomic E-state index is -1.31. The van der Waals surface area contributed by atoms with E-state index < -0.39 is 36.4 Å². The summed E-state index contributed by atoms with van der Waals surface area (Å²) in [7, 11) is 0. The third-order valence-electron chi connectivity index (χ3n) is 4.27. The first-order valence-corrected chi connectivity index (χ1v) is 10.2. The summed E-state index contributed by atoms with van der Waals surface area (Å²) in [4.78, 5) is 19.6. The van der Waals surface area contributed by atoms with Crippen molar-refractivity contribution in [2.75, 3.05) is 23.4 Å². The summed E-state index contributed by atoms with van der Waals surface area (Å²) in [5, 5.41) is 42.1. The topological polar surface area (TPSA) is 171 Å². The van der Waals surface area contributed by atoms with Crippen molar-refractivity contribution in [1.29, 1.82) is 0 Å². The number of hydrogen-bond donors (Lipinski definition) is 6. The van der Waals surface area contributed by atoms with Gasteiger partial charge < -0.3 is 36.2 Å². The Morgan fingerprint density at radius 3 is 2.75 bits per heavy atom. The number of aliphatic hydroxyl groups excluding tert-OH is 3. The van der Waals surface area contributed by atoms with Gasteiger partial charge in [-0.2, -0.15) is 0 Å². The van der Waals surface area contributed by atoms with Crippen molar-refractivity contribution in [3.8, 4) is 0 Å². The monoisotopic (exact) mass is 436 g/mol. The number of nitrogen functional groups attached to an aromatic ring is 1. The zero-order valence-electron chi connectivity index (χ0n) is 15.3. The van der Waals surface area contributed by atoms with Crippen LogP contribution in [0.25, 0.3) is 0 Å². The second-order valence-electron chi connectivity index (χ2n) is 6.39. The first-order valence-electron chi connectivity index (χ1n) is 8.86. The fraction of sp³-hybridized carbons (Fsp3) is 0.688. The highest BCUT2D eigenvalue weighted by atomic mass is 35.5. The lowest BCUT2D eigenvalue weighted by molar-refractivity contribution is -0.160. The Morgan fingerprint density at radius 1 is 1.43 bits per heavy atom. The van der Waals surface area contributed by atoms with Gasteiger partial charge in [-0.3, -0.25) is 0 Å². The van der Waals surface area contributed by atoms with Crippen LogP contribution in [0.3, 0.4) is 0 Å². The van der Waals surface area contributed by atoms with Crippen LogP contribution in [0.4, 0.5) is 11.5 Å². The molecule has 1 aliphatic carbocycles. The third-order valence-corrected chi connectivity index (χ3v) is 5.61. The van der Waals surface area contributed by atoms with E-state index in [1.165, 1.54) is 11.8 Å². The number of nitrogens with two attached hydrogens (primary N) is 1. The number of ether oxygens (including phenoxy) is 1. The molecule has 1 aromatic heterocycles. The molecule has 0 spiro atoms. The lowest BCUT2D eigenvalue weighted by Gasteiger charge is -2.21. The molecule has 2 rings (SSSR count). The van der Waals surface area contributed by atoms with E-state index in [9.17, 15) is 15.0 Å². The highest BCUT2D eigenvalue weighted by Gasteiger charge is 2.44. The number of carboxylic acid groups (broad SMARTS) is 1. The SMILES string of the molecule is CCCSc1nc(Cl)c(N)c(N[C@H]2C[C@H](OC(CCO)C(=O)O)[C@@H](O)[C@H]2O)n1. The van der Waals surface area contributed by atoms with Crippen molar-refractivity contribution < 1.29 is 30.0 Å².